The molecule has 2 atom stereocenters. The molecular weight excluding hydrogens is 202 g/mol. The van der Waals surface area contributed by atoms with Crippen LogP contribution in [0.5, 0.6) is 0 Å². The van der Waals surface area contributed by atoms with E-state index in [9.17, 15) is 0 Å². The summed E-state index contributed by atoms with van der Waals surface area (Å²) in [6.07, 6.45) is 6.23. The Morgan fingerprint density at radius 2 is 2.12 bits per heavy atom. The monoisotopic (exact) mass is 221 g/mol. The van der Waals surface area contributed by atoms with Crippen molar-refractivity contribution in [2.24, 2.45) is 0 Å². The highest BCUT2D eigenvalue weighted by molar-refractivity contribution is 4.97. The van der Waals surface area contributed by atoms with Gasteiger partial charge in [-0.25, -0.2) is 9.97 Å². The van der Waals surface area contributed by atoms with E-state index in [0.29, 0.717) is 18.2 Å². The van der Waals surface area contributed by atoms with Crippen LogP contribution in [0, 0.1) is 0 Å². The second-order valence-corrected chi connectivity index (χ2v) is 4.51. The van der Waals surface area contributed by atoms with Crippen LogP contribution in [-0.2, 0) is 11.3 Å². The van der Waals surface area contributed by atoms with Crippen molar-refractivity contribution in [2.75, 3.05) is 0 Å². The van der Waals surface area contributed by atoms with Gasteiger partial charge < -0.3 is 10.1 Å². The number of hydrogen-bond acceptors (Lipinski definition) is 4. The Hall–Kier alpha value is -1.00. The molecule has 0 amide bonds. The molecule has 1 aliphatic heterocycles. The van der Waals surface area contributed by atoms with Gasteiger partial charge in [0, 0.05) is 18.8 Å². The van der Waals surface area contributed by atoms with Gasteiger partial charge in [0.15, 0.2) is 0 Å². The van der Waals surface area contributed by atoms with Crippen LogP contribution in [0.2, 0.25) is 0 Å². The summed E-state index contributed by atoms with van der Waals surface area (Å²) in [7, 11) is 0. The fourth-order valence-electron chi connectivity index (χ4n) is 2.24. The maximum Gasteiger partial charge on any atom is 0.115 e. The molecule has 0 spiro atoms. The normalized spacial score (nSPS) is 30.2. The summed E-state index contributed by atoms with van der Waals surface area (Å²) in [4.78, 5) is 8.10. The first-order chi connectivity index (χ1) is 7.74. The van der Waals surface area contributed by atoms with E-state index in [1.165, 1.54) is 0 Å². The Bertz CT molecular complexity index is 307. The van der Waals surface area contributed by atoms with E-state index in [0.717, 1.165) is 25.1 Å². The molecule has 0 radical (unpaired) electrons. The van der Waals surface area contributed by atoms with Gasteiger partial charge in [0.25, 0.3) is 0 Å². The van der Waals surface area contributed by atoms with Crippen molar-refractivity contribution in [3.05, 3.63) is 24.3 Å². The highest BCUT2D eigenvalue weighted by Crippen LogP contribution is 2.19. The highest BCUT2D eigenvalue weighted by Gasteiger charge is 2.23. The van der Waals surface area contributed by atoms with Crippen molar-refractivity contribution >= 4 is 0 Å². The molecule has 16 heavy (non-hydrogen) atoms. The Kier molecular flexibility index (Phi) is 3.85. The van der Waals surface area contributed by atoms with Gasteiger partial charge in [-0.1, -0.05) is 0 Å². The third kappa shape index (κ3) is 3.25. The van der Waals surface area contributed by atoms with Crippen LogP contribution in [0.25, 0.3) is 0 Å². The van der Waals surface area contributed by atoms with E-state index < -0.39 is 0 Å². The summed E-state index contributed by atoms with van der Waals surface area (Å²) < 4.78 is 5.70. The second-order valence-electron chi connectivity index (χ2n) is 4.51. The number of rotatable bonds is 3. The summed E-state index contributed by atoms with van der Waals surface area (Å²) in [6, 6.07) is 2.48. The van der Waals surface area contributed by atoms with Crippen molar-refractivity contribution in [1.82, 2.24) is 15.3 Å². The number of nitrogens with one attached hydrogen (secondary N) is 1. The second kappa shape index (κ2) is 5.37. The predicted octanol–water partition coefficient (Wildman–Crippen LogP) is 1.52. The van der Waals surface area contributed by atoms with Crippen molar-refractivity contribution < 1.29 is 4.74 Å². The van der Waals surface area contributed by atoms with Crippen molar-refractivity contribution in [1.29, 1.82) is 0 Å². The zero-order valence-corrected chi connectivity index (χ0v) is 9.89. The molecule has 0 saturated carbocycles. The smallest absolute Gasteiger partial charge is 0.115 e. The molecule has 1 aromatic heterocycles. The first-order valence-corrected chi connectivity index (χ1v) is 5.88. The van der Waals surface area contributed by atoms with E-state index in [1.54, 1.807) is 12.5 Å². The minimum atomic E-state index is 0.353. The van der Waals surface area contributed by atoms with E-state index >= 15 is 0 Å². The van der Waals surface area contributed by atoms with Crippen molar-refractivity contribution in [3.63, 3.8) is 0 Å². The Labute approximate surface area is 96.4 Å². The highest BCUT2D eigenvalue weighted by atomic mass is 16.5. The third-order valence-corrected chi connectivity index (χ3v) is 2.91. The van der Waals surface area contributed by atoms with Gasteiger partial charge in [-0.2, -0.15) is 0 Å². The molecule has 88 valence electrons. The summed E-state index contributed by atoms with van der Waals surface area (Å²) in [5.74, 6) is 0. The van der Waals surface area contributed by atoms with Crippen molar-refractivity contribution in [2.45, 2.75) is 51.5 Å². The quantitative estimate of drug-likeness (QED) is 0.840. The topological polar surface area (TPSA) is 47.0 Å². The van der Waals surface area contributed by atoms with Crippen LogP contribution in [0.1, 0.15) is 32.4 Å². The van der Waals surface area contributed by atoms with E-state index in [-0.39, 0.29) is 0 Å². The number of hydrogen-bond donors (Lipinski definition) is 1. The molecule has 2 unspecified atom stereocenters. The van der Waals surface area contributed by atoms with Gasteiger partial charge >= 0.3 is 0 Å². The predicted molar refractivity (Wildman–Crippen MR) is 61.9 cm³/mol. The largest absolute Gasteiger partial charge is 0.375 e. The van der Waals surface area contributed by atoms with Gasteiger partial charge in [-0.3, -0.25) is 0 Å². The van der Waals surface area contributed by atoms with Crippen LogP contribution in [-0.4, -0.2) is 28.2 Å². The lowest BCUT2D eigenvalue weighted by Crippen LogP contribution is -2.41. The summed E-state index contributed by atoms with van der Waals surface area (Å²) in [5.41, 5.74) is 1.04. The molecule has 1 aromatic rings. The molecule has 2 heterocycles. The van der Waals surface area contributed by atoms with Crippen LogP contribution in [0.3, 0.4) is 0 Å². The average molecular weight is 221 g/mol. The summed E-state index contributed by atoms with van der Waals surface area (Å²) in [6.45, 7) is 5.08. The Balaban J connectivity index is 1.81. The minimum Gasteiger partial charge on any atom is -0.375 e. The van der Waals surface area contributed by atoms with E-state index in [1.807, 2.05) is 6.07 Å². The van der Waals surface area contributed by atoms with Crippen LogP contribution < -0.4 is 5.32 Å². The molecule has 1 N–H and O–H groups in total. The zero-order valence-electron chi connectivity index (χ0n) is 9.89. The molecule has 2 rings (SSSR count). The molecule has 0 bridgehead atoms. The average Bonchev–Trinajstić information content (AvgIpc) is 2.27. The molecule has 0 aromatic carbocycles. The maximum atomic E-state index is 5.70. The number of aromatic nitrogens is 2. The zero-order chi connectivity index (χ0) is 11.4. The molecule has 0 aliphatic carbocycles. The van der Waals surface area contributed by atoms with Gasteiger partial charge in [0.05, 0.1) is 17.9 Å². The first-order valence-electron chi connectivity index (χ1n) is 5.88. The Morgan fingerprint density at radius 1 is 1.38 bits per heavy atom. The lowest BCUT2D eigenvalue weighted by atomic mass is 10.00. The van der Waals surface area contributed by atoms with Crippen LogP contribution in [0.15, 0.2) is 18.6 Å². The van der Waals surface area contributed by atoms with Gasteiger partial charge in [-0.15, -0.1) is 0 Å². The van der Waals surface area contributed by atoms with E-state index in [4.69, 9.17) is 4.74 Å². The van der Waals surface area contributed by atoms with Gasteiger partial charge in [0.1, 0.15) is 6.33 Å². The standard InChI is InChI=1S/C12H19N3O/c1-9-5-12(6-10(2)16-9)14-7-11-3-4-13-8-15-11/h3-4,8-10,12,14H,5-7H2,1-2H3. The molecular formula is C12H19N3O. The van der Waals surface area contributed by atoms with Gasteiger partial charge in [-0.05, 0) is 32.8 Å². The SMILES string of the molecule is CC1CC(NCc2ccncn2)CC(C)O1. The van der Waals surface area contributed by atoms with E-state index in [2.05, 4.69) is 29.1 Å². The number of nitrogens with zero attached hydrogens (tertiary/aromatic N) is 2. The molecule has 4 heteroatoms. The lowest BCUT2D eigenvalue weighted by Gasteiger charge is -2.32. The molecule has 1 aliphatic rings. The molecule has 1 saturated heterocycles. The molecule has 4 nitrogen and oxygen atoms in total. The fourth-order valence-corrected chi connectivity index (χ4v) is 2.24. The fraction of sp³-hybridized carbons (Fsp3) is 0.667. The maximum absolute atomic E-state index is 5.70. The third-order valence-electron chi connectivity index (χ3n) is 2.91. The Morgan fingerprint density at radius 3 is 2.75 bits per heavy atom. The van der Waals surface area contributed by atoms with Crippen LogP contribution in [0.4, 0.5) is 0 Å². The molecule has 1 fully saturated rings. The summed E-state index contributed by atoms with van der Waals surface area (Å²) >= 11 is 0. The number of ether oxygens (including phenoxy) is 1. The van der Waals surface area contributed by atoms with Gasteiger partial charge in [0.2, 0.25) is 0 Å². The minimum absolute atomic E-state index is 0.353. The van der Waals surface area contributed by atoms with Crippen LogP contribution >= 0.6 is 0 Å². The first kappa shape index (κ1) is 11.5. The lowest BCUT2D eigenvalue weighted by molar-refractivity contribution is -0.0423. The van der Waals surface area contributed by atoms with Crippen molar-refractivity contribution in [3.8, 4) is 0 Å². The summed E-state index contributed by atoms with van der Waals surface area (Å²) in [5, 5.41) is 3.53.